The van der Waals surface area contributed by atoms with Crippen LogP contribution in [0.5, 0.6) is 0 Å². The van der Waals surface area contributed by atoms with Crippen LogP contribution in [-0.4, -0.2) is 9.55 Å². The van der Waals surface area contributed by atoms with Crippen molar-refractivity contribution in [1.29, 1.82) is 0 Å². The van der Waals surface area contributed by atoms with E-state index in [0.29, 0.717) is 0 Å². The molecule has 0 radical (unpaired) electrons. The second-order valence-electron chi connectivity index (χ2n) is 5.24. The monoisotopic (exact) mass is 254 g/mol. The first-order valence-electron chi connectivity index (χ1n) is 5.25. The largest absolute Gasteiger partial charge is 0.331 e. The molecule has 1 N–H and O–H groups in total. The topological polar surface area (TPSA) is 20.7 Å². The van der Waals surface area contributed by atoms with Gasteiger partial charge in [0.2, 0.25) is 0 Å². The molecule has 1 aromatic heterocycles. The molecule has 0 unspecified atom stereocenters. The summed E-state index contributed by atoms with van der Waals surface area (Å²) in [6.45, 7) is 7.49. The smallest absolute Gasteiger partial charge is 0.178 e. The molecule has 1 aromatic carbocycles. The van der Waals surface area contributed by atoms with E-state index in [1.54, 1.807) is 0 Å². The third kappa shape index (κ3) is 2.30. The van der Waals surface area contributed by atoms with Crippen molar-refractivity contribution in [2.24, 2.45) is 5.41 Å². The van der Waals surface area contributed by atoms with Crippen molar-refractivity contribution in [2.75, 3.05) is 0 Å². The number of rotatable bonds is 1. The van der Waals surface area contributed by atoms with Crippen molar-refractivity contribution < 1.29 is 0 Å². The molecular weight excluding hydrogens is 240 g/mol. The number of benzene rings is 1. The van der Waals surface area contributed by atoms with Gasteiger partial charge in [0.15, 0.2) is 4.77 Å². The highest BCUT2D eigenvalue weighted by molar-refractivity contribution is 7.71. The van der Waals surface area contributed by atoms with Crippen molar-refractivity contribution in [3.05, 3.63) is 28.0 Å². The number of fused-ring (bicyclic) bond motifs is 1. The Morgan fingerprint density at radius 2 is 2.06 bits per heavy atom. The Bertz CT molecular complexity index is 575. The van der Waals surface area contributed by atoms with Gasteiger partial charge >= 0.3 is 0 Å². The molecule has 16 heavy (non-hydrogen) atoms. The second kappa shape index (κ2) is 3.90. The number of H-pyrrole nitrogens is 1. The van der Waals surface area contributed by atoms with Crippen molar-refractivity contribution in [2.45, 2.75) is 27.3 Å². The molecule has 1 heterocycles. The Balaban J connectivity index is 2.61. The second-order valence-corrected chi connectivity index (χ2v) is 6.06. The Hall–Kier alpha value is -0.800. The Morgan fingerprint density at radius 3 is 2.69 bits per heavy atom. The average molecular weight is 255 g/mol. The molecule has 2 nitrogen and oxygen atoms in total. The quantitative estimate of drug-likeness (QED) is 0.748. The predicted molar refractivity (Wildman–Crippen MR) is 71.6 cm³/mol. The van der Waals surface area contributed by atoms with Crippen LogP contribution in [0.2, 0.25) is 5.02 Å². The molecule has 2 aromatic rings. The molecule has 0 bridgehead atoms. The van der Waals surface area contributed by atoms with Crippen LogP contribution < -0.4 is 0 Å². The minimum atomic E-state index is 0.201. The third-order valence-electron chi connectivity index (χ3n) is 2.37. The Kier molecular flexibility index (Phi) is 2.84. The first-order valence-corrected chi connectivity index (χ1v) is 6.03. The van der Waals surface area contributed by atoms with Crippen molar-refractivity contribution in [3.8, 4) is 0 Å². The van der Waals surface area contributed by atoms with Crippen LogP contribution in [-0.2, 0) is 6.54 Å². The molecule has 0 saturated heterocycles. The van der Waals surface area contributed by atoms with Gasteiger partial charge in [-0.3, -0.25) is 0 Å². The first kappa shape index (κ1) is 11.7. The number of aromatic nitrogens is 2. The van der Waals surface area contributed by atoms with Crippen molar-refractivity contribution >= 4 is 34.9 Å². The van der Waals surface area contributed by atoms with E-state index < -0.39 is 0 Å². The van der Waals surface area contributed by atoms with Crippen LogP contribution in [0.15, 0.2) is 18.2 Å². The lowest BCUT2D eigenvalue weighted by molar-refractivity contribution is 0.346. The number of imidazole rings is 1. The van der Waals surface area contributed by atoms with Gasteiger partial charge in [-0.15, -0.1) is 0 Å². The highest BCUT2D eigenvalue weighted by Gasteiger charge is 2.14. The van der Waals surface area contributed by atoms with Crippen molar-refractivity contribution in [3.63, 3.8) is 0 Å². The molecule has 0 atom stereocenters. The van der Waals surface area contributed by atoms with Crippen LogP contribution in [0.3, 0.4) is 0 Å². The molecule has 0 spiro atoms. The maximum absolute atomic E-state index is 5.95. The summed E-state index contributed by atoms with van der Waals surface area (Å²) < 4.78 is 2.88. The summed E-state index contributed by atoms with van der Waals surface area (Å²) in [5.41, 5.74) is 2.32. The Labute approximate surface area is 105 Å². The highest BCUT2D eigenvalue weighted by atomic mass is 35.5. The normalized spacial score (nSPS) is 12.2. The fourth-order valence-corrected chi connectivity index (χ4v) is 2.21. The summed E-state index contributed by atoms with van der Waals surface area (Å²) in [5, 5.41) is 0.728. The summed E-state index contributed by atoms with van der Waals surface area (Å²) in [6, 6.07) is 5.81. The van der Waals surface area contributed by atoms with Crippen LogP contribution in [0.25, 0.3) is 11.0 Å². The van der Waals surface area contributed by atoms with Gasteiger partial charge in [-0.25, -0.2) is 0 Å². The maximum atomic E-state index is 5.95. The summed E-state index contributed by atoms with van der Waals surface area (Å²) >= 11 is 11.3. The van der Waals surface area contributed by atoms with E-state index >= 15 is 0 Å². The molecule has 0 aliphatic heterocycles. The van der Waals surface area contributed by atoms with Gasteiger partial charge in [0.25, 0.3) is 0 Å². The highest BCUT2D eigenvalue weighted by Crippen LogP contribution is 2.23. The minimum Gasteiger partial charge on any atom is -0.331 e. The lowest BCUT2D eigenvalue weighted by Crippen LogP contribution is -2.15. The SMILES string of the molecule is CC(C)(C)Cn1c(=S)[nH]c2cc(Cl)ccc21. The standard InChI is InChI=1S/C12H15ClN2S/c1-12(2,3)7-15-10-5-4-8(13)6-9(10)14-11(15)16/h4-6H,7H2,1-3H3,(H,14,16). The number of nitrogens with one attached hydrogen (secondary N) is 1. The van der Waals surface area contributed by atoms with Gasteiger partial charge in [0, 0.05) is 11.6 Å². The minimum absolute atomic E-state index is 0.201. The number of nitrogens with zero attached hydrogens (tertiary/aromatic N) is 1. The van der Waals surface area contributed by atoms with Gasteiger partial charge in [-0.2, -0.15) is 0 Å². The fourth-order valence-electron chi connectivity index (χ4n) is 1.77. The molecule has 2 rings (SSSR count). The van der Waals surface area contributed by atoms with E-state index in [4.69, 9.17) is 23.8 Å². The molecule has 0 aliphatic carbocycles. The maximum Gasteiger partial charge on any atom is 0.178 e. The zero-order valence-corrected chi connectivity index (χ0v) is 11.2. The molecule has 4 heteroatoms. The summed E-state index contributed by atoms with van der Waals surface area (Å²) in [5.74, 6) is 0. The summed E-state index contributed by atoms with van der Waals surface area (Å²) in [6.07, 6.45) is 0. The number of hydrogen-bond donors (Lipinski definition) is 1. The molecule has 0 aliphatic rings. The summed E-state index contributed by atoms with van der Waals surface area (Å²) in [4.78, 5) is 3.18. The molecular formula is C12H15ClN2S. The van der Waals surface area contributed by atoms with Crippen LogP contribution in [0.1, 0.15) is 20.8 Å². The molecule has 86 valence electrons. The van der Waals surface area contributed by atoms with Crippen molar-refractivity contribution in [1.82, 2.24) is 9.55 Å². The van der Waals surface area contributed by atoms with E-state index in [9.17, 15) is 0 Å². The lowest BCUT2D eigenvalue weighted by atomic mass is 9.97. The van der Waals surface area contributed by atoms with E-state index in [2.05, 4.69) is 30.3 Å². The third-order valence-corrected chi connectivity index (χ3v) is 2.93. The fraction of sp³-hybridized carbons (Fsp3) is 0.417. The molecule has 0 fully saturated rings. The van der Waals surface area contributed by atoms with Gasteiger partial charge in [0.1, 0.15) is 0 Å². The number of hydrogen-bond acceptors (Lipinski definition) is 1. The van der Waals surface area contributed by atoms with Gasteiger partial charge in [0.05, 0.1) is 11.0 Å². The van der Waals surface area contributed by atoms with Gasteiger partial charge < -0.3 is 9.55 Å². The van der Waals surface area contributed by atoms with Crippen LogP contribution in [0, 0.1) is 10.2 Å². The number of halogens is 1. The van der Waals surface area contributed by atoms with Crippen LogP contribution in [0.4, 0.5) is 0 Å². The van der Waals surface area contributed by atoms with E-state index in [0.717, 1.165) is 27.4 Å². The van der Waals surface area contributed by atoms with Gasteiger partial charge in [-0.1, -0.05) is 32.4 Å². The van der Waals surface area contributed by atoms with E-state index in [1.165, 1.54) is 0 Å². The number of aromatic amines is 1. The molecule has 0 amide bonds. The summed E-state index contributed by atoms with van der Waals surface area (Å²) in [7, 11) is 0. The molecule has 0 saturated carbocycles. The van der Waals surface area contributed by atoms with Gasteiger partial charge in [-0.05, 0) is 35.8 Å². The zero-order valence-electron chi connectivity index (χ0n) is 9.67. The lowest BCUT2D eigenvalue weighted by Gasteiger charge is -2.19. The van der Waals surface area contributed by atoms with E-state index in [1.807, 2.05) is 18.2 Å². The Morgan fingerprint density at radius 1 is 1.38 bits per heavy atom. The first-order chi connectivity index (χ1) is 7.37. The van der Waals surface area contributed by atoms with Crippen LogP contribution >= 0.6 is 23.8 Å². The predicted octanol–water partition coefficient (Wildman–Crippen LogP) is 4.40. The zero-order chi connectivity index (χ0) is 11.9. The van der Waals surface area contributed by atoms with E-state index in [-0.39, 0.29) is 5.41 Å². The average Bonchev–Trinajstić information content (AvgIpc) is 2.40.